The van der Waals surface area contributed by atoms with E-state index in [1.54, 1.807) is 0 Å². The number of carbonyl (C=O) groups excluding carboxylic acids is 1. The molecule has 1 heterocycles. The van der Waals surface area contributed by atoms with Gasteiger partial charge in [0.1, 0.15) is 5.78 Å². The lowest BCUT2D eigenvalue weighted by Crippen LogP contribution is -2.03. The first-order valence-electron chi connectivity index (χ1n) is 4.88. The zero-order valence-electron chi connectivity index (χ0n) is 8.58. The van der Waals surface area contributed by atoms with Crippen LogP contribution in [0.3, 0.4) is 0 Å². The van der Waals surface area contributed by atoms with E-state index in [1.165, 1.54) is 5.57 Å². The predicted molar refractivity (Wildman–Crippen MR) is 54.8 cm³/mol. The molecule has 0 aromatic carbocycles. The summed E-state index contributed by atoms with van der Waals surface area (Å²) < 4.78 is 1.87. The highest BCUT2D eigenvalue weighted by molar-refractivity contribution is 5.86. The summed E-state index contributed by atoms with van der Waals surface area (Å²) in [5, 5.41) is 4.40. The summed E-state index contributed by atoms with van der Waals surface area (Å²) in [6, 6.07) is 2.07. The molecule has 1 aliphatic rings. The summed E-state index contributed by atoms with van der Waals surface area (Å²) in [5.74, 6) is 0.335. The maximum Gasteiger partial charge on any atom is 0.137 e. The molecule has 0 saturated carbocycles. The SMILES string of the molecule is Cc1cc(C2=CCC(=O)CC2)nn1C. The number of ketones is 1. The molecule has 74 valence electrons. The number of rotatable bonds is 1. The minimum absolute atomic E-state index is 0.335. The lowest BCUT2D eigenvalue weighted by molar-refractivity contribution is -0.118. The molecule has 0 fully saturated rings. The fraction of sp³-hybridized carbons (Fsp3) is 0.455. The average Bonchev–Trinajstić information content (AvgIpc) is 2.48. The van der Waals surface area contributed by atoms with Crippen LogP contribution in [0, 0.1) is 6.92 Å². The van der Waals surface area contributed by atoms with Crippen molar-refractivity contribution in [3.05, 3.63) is 23.5 Å². The lowest BCUT2D eigenvalue weighted by atomic mass is 9.96. The van der Waals surface area contributed by atoms with Crippen molar-refractivity contribution in [1.82, 2.24) is 9.78 Å². The van der Waals surface area contributed by atoms with E-state index in [9.17, 15) is 4.79 Å². The van der Waals surface area contributed by atoms with Crippen molar-refractivity contribution in [2.24, 2.45) is 7.05 Å². The van der Waals surface area contributed by atoms with Crippen molar-refractivity contribution >= 4 is 11.4 Å². The van der Waals surface area contributed by atoms with Gasteiger partial charge < -0.3 is 0 Å². The maximum atomic E-state index is 11.0. The van der Waals surface area contributed by atoms with Crippen molar-refractivity contribution in [3.63, 3.8) is 0 Å². The van der Waals surface area contributed by atoms with Gasteiger partial charge in [-0.25, -0.2) is 0 Å². The molecule has 1 aromatic rings. The predicted octanol–water partition coefficient (Wildman–Crippen LogP) is 1.86. The van der Waals surface area contributed by atoms with Crippen LogP contribution in [0.15, 0.2) is 12.1 Å². The molecule has 0 unspecified atom stereocenters. The number of hydrogen-bond donors (Lipinski definition) is 0. The van der Waals surface area contributed by atoms with E-state index in [0.717, 1.165) is 17.8 Å². The highest BCUT2D eigenvalue weighted by atomic mass is 16.1. The Morgan fingerprint density at radius 2 is 2.21 bits per heavy atom. The van der Waals surface area contributed by atoms with E-state index in [1.807, 2.05) is 24.7 Å². The van der Waals surface area contributed by atoms with Gasteiger partial charge in [0.2, 0.25) is 0 Å². The molecular formula is C11H14N2O. The molecule has 14 heavy (non-hydrogen) atoms. The van der Waals surface area contributed by atoms with Crippen molar-refractivity contribution in [1.29, 1.82) is 0 Å². The number of hydrogen-bond acceptors (Lipinski definition) is 2. The summed E-state index contributed by atoms with van der Waals surface area (Å²) in [5.41, 5.74) is 3.39. The second-order valence-corrected chi connectivity index (χ2v) is 3.77. The molecule has 2 rings (SSSR count). The molecule has 1 aliphatic carbocycles. The van der Waals surface area contributed by atoms with E-state index >= 15 is 0 Å². The third-order valence-corrected chi connectivity index (χ3v) is 2.69. The molecule has 0 atom stereocenters. The highest BCUT2D eigenvalue weighted by Gasteiger charge is 2.14. The molecular weight excluding hydrogens is 176 g/mol. The van der Waals surface area contributed by atoms with Gasteiger partial charge in [0, 0.05) is 25.6 Å². The number of aromatic nitrogens is 2. The topological polar surface area (TPSA) is 34.9 Å². The third kappa shape index (κ3) is 1.62. The fourth-order valence-electron chi connectivity index (χ4n) is 1.67. The number of aryl methyl sites for hydroxylation is 2. The Kier molecular flexibility index (Phi) is 2.23. The van der Waals surface area contributed by atoms with Crippen LogP contribution >= 0.6 is 0 Å². The van der Waals surface area contributed by atoms with E-state index in [4.69, 9.17) is 0 Å². The number of Topliss-reactive ketones (excluding diaryl/α,β-unsaturated/α-hetero) is 1. The third-order valence-electron chi connectivity index (χ3n) is 2.69. The van der Waals surface area contributed by atoms with E-state index < -0.39 is 0 Å². The quantitative estimate of drug-likeness (QED) is 0.677. The van der Waals surface area contributed by atoms with Gasteiger partial charge in [-0.1, -0.05) is 6.08 Å². The summed E-state index contributed by atoms with van der Waals surface area (Å²) >= 11 is 0. The monoisotopic (exact) mass is 190 g/mol. The number of carbonyl (C=O) groups is 1. The van der Waals surface area contributed by atoms with Gasteiger partial charge in [0.25, 0.3) is 0 Å². The van der Waals surface area contributed by atoms with Crippen LogP contribution in [-0.4, -0.2) is 15.6 Å². The van der Waals surface area contributed by atoms with Gasteiger partial charge in [-0.3, -0.25) is 9.48 Å². The van der Waals surface area contributed by atoms with Gasteiger partial charge in [-0.15, -0.1) is 0 Å². The molecule has 0 bridgehead atoms. The molecule has 0 N–H and O–H groups in total. The Hall–Kier alpha value is -1.38. The molecule has 0 spiro atoms. The van der Waals surface area contributed by atoms with Crippen LogP contribution < -0.4 is 0 Å². The molecule has 3 heteroatoms. The maximum absolute atomic E-state index is 11.0. The van der Waals surface area contributed by atoms with Crippen LogP contribution in [0.1, 0.15) is 30.7 Å². The van der Waals surface area contributed by atoms with Gasteiger partial charge in [-0.2, -0.15) is 5.10 Å². The lowest BCUT2D eigenvalue weighted by Gasteiger charge is -2.08. The Balaban J connectivity index is 2.27. The Bertz CT molecular complexity index is 382. The summed E-state index contributed by atoms with van der Waals surface area (Å²) in [6.45, 7) is 2.03. The standard InChI is InChI=1S/C11H14N2O/c1-8-7-11(12-13(8)2)9-3-5-10(14)6-4-9/h3,7H,4-6H2,1-2H3. The minimum Gasteiger partial charge on any atom is -0.299 e. The highest BCUT2D eigenvalue weighted by Crippen LogP contribution is 2.24. The van der Waals surface area contributed by atoms with Gasteiger partial charge in [0.15, 0.2) is 0 Å². The fourth-order valence-corrected chi connectivity index (χ4v) is 1.67. The zero-order chi connectivity index (χ0) is 10.1. The Labute approximate surface area is 83.4 Å². The Morgan fingerprint density at radius 1 is 1.43 bits per heavy atom. The van der Waals surface area contributed by atoms with E-state index in [-0.39, 0.29) is 0 Å². The molecule has 3 nitrogen and oxygen atoms in total. The molecule has 0 aliphatic heterocycles. The van der Waals surface area contributed by atoms with E-state index in [0.29, 0.717) is 18.6 Å². The van der Waals surface area contributed by atoms with Crippen molar-refractivity contribution in [2.75, 3.05) is 0 Å². The smallest absolute Gasteiger partial charge is 0.137 e. The van der Waals surface area contributed by atoms with Crippen LogP contribution in [0.5, 0.6) is 0 Å². The molecule has 0 saturated heterocycles. The average molecular weight is 190 g/mol. The largest absolute Gasteiger partial charge is 0.299 e. The Morgan fingerprint density at radius 3 is 2.71 bits per heavy atom. The second kappa shape index (κ2) is 3.40. The number of allylic oxidation sites excluding steroid dienone is 2. The normalized spacial score (nSPS) is 17.0. The summed E-state index contributed by atoms with van der Waals surface area (Å²) in [4.78, 5) is 11.0. The van der Waals surface area contributed by atoms with Gasteiger partial charge in [0.05, 0.1) is 5.69 Å². The first kappa shape index (κ1) is 9.19. The van der Waals surface area contributed by atoms with Crippen LogP contribution in [0.4, 0.5) is 0 Å². The molecule has 0 amide bonds. The molecule has 1 aromatic heterocycles. The summed E-state index contributed by atoms with van der Waals surface area (Å²) in [7, 11) is 1.94. The van der Waals surface area contributed by atoms with E-state index in [2.05, 4.69) is 11.2 Å². The zero-order valence-corrected chi connectivity index (χ0v) is 8.58. The second-order valence-electron chi connectivity index (χ2n) is 3.77. The van der Waals surface area contributed by atoms with Crippen molar-refractivity contribution < 1.29 is 4.79 Å². The first-order valence-corrected chi connectivity index (χ1v) is 4.88. The van der Waals surface area contributed by atoms with Crippen LogP contribution in [0.25, 0.3) is 5.57 Å². The number of nitrogens with zero attached hydrogens (tertiary/aromatic N) is 2. The van der Waals surface area contributed by atoms with Crippen LogP contribution in [0.2, 0.25) is 0 Å². The van der Waals surface area contributed by atoms with Crippen LogP contribution in [-0.2, 0) is 11.8 Å². The minimum atomic E-state index is 0.335. The van der Waals surface area contributed by atoms with Crippen molar-refractivity contribution in [3.8, 4) is 0 Å². The van der Waals surface area contributed by atoms with Crippen molar-refractivity contribution in [2.45, 2.75) is 26.2 Å². The van der Waals surface area contributed by atoms with Gasteiger partial charge in [-0.05, 0) is 25.0 Å². The first-order chi connectivity index (χ1) is 6.66. The summed E-state index contributed by atoms with van der Waals surface area (Å²) in [6.07, 6.45) is 4.09. The molecule has 0 radical (unpaired) electrons. The van der Waals surface area contributed by atoms with Gasteiger partial charge >= 0.3 is 0 Å².